The number of pyridine rings is 1. The van der Waals surface area contributed by atoms with Gasteiger partial charge >= 0.3 is 0 Å². The van der Waals surface area contributed by atoms with Crippen molar-refractivity contribution < 1.29 is 0 Å². The summed E-state index contributed by atoms with van der Waals surface area (Å²) >= 11 is 0. The lowest BCUT2D eigenvalue weighted by atomic mass is 9.80. The molecule has 7 aliphatic rings. The molecular formula is C65H51N5. The SMILES string of the molecule is C1=CC2C3=C(C4C5=C(CCC=C5)N(c5ccccc5)C4C=C3)N(c3cccc(-n4c5c(c6ccccc64)-c4c(c6c(n4-c4cccc(-c7cccc(-c8ccccc8)n7)c4)C=CCC6)CC5)c3)C2C=C1. The number of hydrogen-bond donors (Lipinski definition) is 0. The van der Waals surface area contributed by atoms with Gasteiger partial charge < -0.3 is 18.9 Å². The molecule has 336 valence electrons. The highest BCUT2D eigenvalue weighted by molar-refractivity contribution is 6.01. The quantitative estimate of drug-likeness (QED) is 0.166. The first-order valence-electron chi connectivity index (χ1n) is 25.4. The highest BCUT2D eigenvalue weighted by Crippen LogP contribution is 2.55. The van der Waals surface area contributed by atoms with Crippen molar-refractivity contribution in [3.8, 4) is 45.1 Å². The molecule has 70 heavy (non-hydrogen) atoms. The topological polar surface area (TPSA) is 29.2 Å². The van der Waals surface area contributed by atoms with Crippen LogP contribution in [-0.4, -0.2) is 26.2 Å². The maximum Gasteiger partial charge on any atom is 0.0710 e. The molecule has 0 amide bonds. The van der Waals surface area contributed by atoms with E-state index >= 15 is 0 Å². The fourth-order valence-corrected chi connectivity index (χ4v) is 13.4. The summed E-state index contributed by atoms with van der Waals surface area (Å²) in [6, 6.07) is 56.1. The Balaban J connectivity index is 0.876. The van der Waals surface area contributed by atoms with E-state index in [1.165, 1.54) is 90.0 Å². The van der Waals surface area contributed by atoms with E-state index in [9.17, 15) is 0 Å². The van der Waals surface area contributed by atoms with E-state index < -0.39 is 0 Å². The Labute approximate surface area is 409 Å². The largest absolute Gasteiger partial charge is 0.337 e. The summed E-state index contributed by atoms with van der Waals surface area (Å²) in [5, 5.41) is 1.31. The van der Waals surface area contributed by atoms with Gasteiger partial charge in [0.05, 0.1) is 40.6 Å². The first kappa shape index (κ1) is 39.8. The van der Waals surface area contributed by atoms with Crippen molar-refractivity contribution in [2.75, 3.05) is 9.80 Å². The molecule has 5 heterocycles. The zero-order valence-corrected chi connectivity index (χ0v) is 39.0. The number of benzene rings is 5. The fraction of sp³-hybridized carbons (Fsp3) is 0.154. The first-order chi connectivity index (χ1) is 34.8. The normalized spacial score (nSPS) is 21.2. The van der Waals surface area contributed by atoms with Gasteiger partial charge in [-0.1, -0.05) is 146 Å². The van der Waals surface area contributed by atoms with Crippen LogP contribution in [0.5, 0.6) is 0 Å². The van der Waals surface area contributed by atoms with Gasteiger partial charge in [-0.05, 0) is 128 Å². The maximum atomic E-state index is 5.20. The van der Waals surface area contributed by atoms with Crippen LogP contribution in [0.2, 0.25) is 0 Å². The lowest BCUT2D eigenvalue weighted by Gasteiger charge is -2.37. The fourth-order valence-electron chi connectivity index (χ4n) is 13.4. The van der Waals surface area contributed by atoms with Crippen LogP contribution >= 0.6 is 0 Å². The second-order valence-electron chi connectivity index (χ2n) is 19.9. The van der Waals surface area contributed by atoms with Crippen LogP contribution < -0.4 is 9.80 Å². The molecular weight excluding hydrogens is 851 g/mol. The van der Waals surface area contributed by atoms with Gasteiger partial charge in [0.25, 0.3) is 0 Å². The average Bonchev–Trinajstić information content (AvgIpc) is 4.17. The summed E-state index contributed by atoms with van der Waals surface area (Å²) in [4.78, 5) is 10.6. The second-order valence-corrected chi connectivity index (χ2v) is 19.9. The van der Waals surface area contributed by atoms with Gasteiger partial charge in [0.2, 0.25) is 0 Å². The van der Waals surface area contributed by atoms with Crippen LogP contribution in [0.3, 0.4) is 0 Å². The molecule has 5 aliphatic carbocycles. The summed E-state index contributed by atoms with van der Waals surface area (Å²) in [6.45, 7) is 0. The molecule has 4 unspecified atom stereocenters. The van der Waals surface area contributed by atoms with E-state index in [0.29, 0.717) is 0 Å². The average molecular weight is 902 g/mol. The van der Waals surface area contributed by atoms with Gasteiger partial charge in [0.1, 0.15) is 0 Å². The van der Waals surface area contributed by atoms with E-state index in [-0.39, 0.29) is 23.9 Å². The molecule has 0 saturated heterocycles. The predicted molar refractivity (Wildman–Crippen MR) is 287 cm³/mol. The molecule has 0 spiro atoms. The van der Waals surface area contributed by atoms with Crippen LogP contribution in [0.1, 0.15) is 41.8 Å². The van der Waals surface area contributed by atoms with Gasteiger partial charge in [0, 0.05) is 73.5 Å². The molecule has 5 aromatic carbocycles. The molecule has 5 nitrogen and oxygen atoms in total. The number of allylic oxidation sites excluding steroid dienone is 7. The zero-order chi connectivity index (χ0) is 45.9. The van der Waals surface area contributed by atoms with Crippen molar-refractivity contribution in [1.29, 1.82) is 0 Å². The molecule has 2 aliphatic heterocycles. The van der Waals surface area contributed by atoms with Gasteiger partial charge in [-0.3, -0.25) is 0 Å². The molecule has 3 aromatic heterocycles. The lowest BCUT2D eigenvalue weighted by Crippen LogP contribution is -2.40. The Bertz CT molecular complexity index is 3700. The smallest absolute Gasteiger partial charge is 0.0710 e. The van der Waals surface area contributed by atoms with Gasteiger partial charge in [-0.2, -0.15) is 0 Å². The minimum Gasteiger partial charge on any atom is -0.337 e. The lowest BCUT2D eigenvalue weighted by molar-refractivity contribution is 0.620. The van der Waals surface area contributed by atoms with E-state index in [1.807, 2.05) is 0 Å². The molecule has 4 atom stereocenters. The second kappa shape index (κ2) is 15.7. The number of para-hydroxylation sites is 2. The van der Waals surface area contributed by atoms with Gasteiger partial charge in [-0.15, -0.1) is 0 Å². The molecule has 8 aromatic rings. The third-order valence-corrected chi connectivity index (χ3v) is 16.2. The molecule has 0 N–H and O–H groups in total. The Morgan fingerprint density at radius 3 is 2.10 bits per heavy atom. The molecule has 0 radical (unpaired) electrons. The predicted octanol–water partition coefficient (Wildman–Crippen LogP) is 14.7. The van der Waals surface area contributed by atoms with Crippen LogP contribution in [0.25, 0.3) is 62.1 Å². The summed E-state index contributed by atoms with van der Waals surface area (Å²) in [5.74, 6) is 0.521. The highest BCUT2D eigenvalue weighted by Gasteiger charge is 2.51. The highest BCUT2D eigenvalue weighted by atomic mass is 15.3. The number of anilines is 2. The maximum absolute atomic E-state index is 5.20. The van der Waals surface area contributed by atoms with Crippen molar-refractivity contribution in [1.82, 2.24) is 14.1 Å². The van der Waals surface area contributed by atoms with Crippen molar-refractivity contribution in [2.24, 2.45) is 11.8 Å². The molecule has 0 saturated carbocycles. The minimum atomic E-state index is 0.198. The van der Waals surface area contributed by atoms with E-state index in [2.05, 4.69) is 231 Å². The number of rotatable bonds is 6. The van der Waals surface area contributed by atoms with Crippen molar-refractivity contribution in [3.05, 3.63) is 251 Å². The molecule has 5 heteroatoms. The standard InChI is InChI=1S/C65H51N5/c1-3-18-42(19-4-1)54-30-17-31-55(66-54)43-20-15-23-45(40-43)69-56-32-11-7-26-48(56)50-37-39-61-63(64(50)69)53-29-10-14-35-59(53)68(61)46-24-16-25-47(41-46)70-57-33-12-8-27-49(57)51-36-38-60-62(65(51)70)52-28-9-13-34-58(52)67(60)44-21-5-2-6-22-44/h1-6,8-12,14-25,27-33,35-36,38,40-41,49,57,60,62H,7,13,26,34,37,39H2. The van der Waals surface area contributed by atoms with Gasteiger partial charge in [0.15, 0.2) is 0 Å². The van der Waals surface area contributed by atoms with Crippen LogP contribution in [-0.2, 0) is 19.3 Å². The third-order valence-electron chi connectivity index (χ3n) is 16.2. The Morgan fingerprint density at radius 1 is 0.486 bits per heavy atom. The van der Waals surface area contributed by atoms with Crippen molar-refractivity contribution in [3.63, 3.8) is 0 Å². The number of hydrogen-bond acceptors (Lipinski definition) is 3. The molecule has 15 rings (SSSR count). The van der Waals surface area contributed by atoms with E-state index in [4.69, 9.17) is 4.98 Å². The van der Waals surface area contributed by atoms with E-state index in [0.717, 1.165) is 61.0 Å². The Kier molecular flexibility index (Phi) is 8.92. The van der Waals surface area contributed by atoms with Gasteiger partial charge in [-0.25, -0.2) is 4.98 Å². The van der Waals surface area contributed by atoms with Crippen LogP contribution in [0.4, 0.5) is 11.4 Å². The summed E-state index contributed by atoms with van der Waals surface area (Å²) in [5.41, 5.74) is 24.7. The van der Waals surface area contributed by atoms with Crippen molar-refractivity contribution >= 4 is 28.4 Å². The molecule has 0 fully saturated rings. The zero-order valence-electron chi connectivity index (χ0n) is 39.0. The monoisotopic (exact) mass is 901 g/mol. The van der Waals surface area contributed by atoms with Crippen molar-refractivity contribution in [2.45, 2.75) is 50.6 Å². The Morgan fingerprint density at radius 2 is 1.20 bits per heavy atom. The van der Waals surface area contributed by atoms with Crippen LogP contribution in [0, 0.1) is 11.8 Å². The molecule has 0 bridgehead atoms. The first-order valence-corrected chi connectivity index (χ1v) is 25.4. The number of nitrogens with zero attached hydrogens (tertiary/aromatic N) is 5. The van der Waals surface area contributed by atoms with Crippen LogP contribution in [0.15, 0.2) is 229 Å². The van der Waals surface area contributed by atoms with E-state index in [1.54, 1.807) is 0 Å². The number of aromatic nitrogens is 3. The number of fused-ring (bicyclic) bond motifs is 12. The Hall–Kier alpha value is -8.15. The minimum absolute atomic E-state index is 0.198. The third kappa shape index (κ3) is 5.87. The summed E-state index contributed by atoms with van der Waals surface area (Å²) in [6.07, 6.45) is 30.3. The summed E-state index contributed by atoms with van der Waals surface area (Å²) < 4.78 is 5.20. The summed E-state index contributed by atoms with van der Waals surface area (Å²) in [7, 11) is 0.